The molecule has 1 aliphatic rings. The van der Waals surface area contributed by atoms with E-state index in [9.17, 15) is 9.59 Å². The first-order valence-corrected chi connectivity index (χ1v) is 30.3. The van der Waals surface area contributed by atoms with Gasteiger partial charge in [0.15, 0.2) is 25.0 Å². The molecule has 5 unspecified atom stereocenters. The second-order valence-electron chi connectivity index (χ2n) is 21.5. The molecular formula is C44H81NO6SSi3. The summed E-state index contributed by atoms with van der Waals surface area (Å²) in [6.07, 6.45) is 8.40. The molecule has 0 aliphatic carbocycles. The zero-order valence-electron chi connectivity index (χ0n) is 38.7. The van der Waals surface area contributed by atoms with Gasteiger partial charge in [0.25, 0.3) is 0 Å². The Balaban J connectivity index is 2.56. The fourth-order valence-electron chi connectivity index (χ4n) is 6.09. The molecule has 2 rings (SSSR count). The first-order chi connectivity index (χ1) is 24.7. The van der Waals surface area contributed by atoms with Gasteiger partial charge in [-0.25, -0.2) is 4.98 Å². The van der Waals surface area contributed by atoms with Gasteiger partial charge in [-0.1, -0.05) is 102 Å². The molecule has 55 heavy (non-hydrogen) atoms. The van der Waals surface area contributed by atoms with E-state index in [0.717, 1.165) is 35.5 Å². The first kappa shape index (κ1) is 49.9. The number of aromatic nitrogens is 1. The number of Topliss-reactive ketones (excluding diaryl/α,β-unsaturated/α-hetero) is 1. The van der Waals surface area contributed by atoms with Gasteiger partial charge in [-0.3, -0.25) is 9.59 Å². The van der Waals surface area contributed by atoms with Gasteiger partial charge in [-0.05, 0) is 98.2 Å². The van der Waals surface area contributed by atoms with Crippen LogP contribution in [0.1, 0.15) is 140 Å². The summed E-state index contributed by atoms with van der Waals surface area (Å²) in [5.74, 6) is -0.476. The molecule has 0 bridgehead atoms. The van der Waals surface area contributed by atoms with Crippen LogP contribution in [0.2, 0.25) is 54.4 Å². The molecule has 1 aliphatic heterocycles. The lowest BCUT2D eigenvalue weighted by Gasteiger charge is -2.46. The third-order valence-electron chi connectivity index (χ3n) is 13.4. The molecule has 0 fully saturated rings. The Morgan fingerprint density at radius 1 is 0.891 bits per heavy atom. The number of carbonyl (C=O) groups is 2. The minimum atomic E-state index is -2.42. The maximum Gasteiger partial charge on any atom is 0.309 e. The van der Waals surface area contributed by atoms with Crippen LogP contribution in [-0.2, 0) is 34.2 Å². The van der Waals surface area contributed by atoms with Gasteiger partial charge in [-0.15, -0.1) is 11.3 Å². The Labute approximate surface area is 344 Å². The van der Waals surface area contributed by atoms with E-state index in [0.29, 0.717) is 13.0 Å². The van der Waals surface area contributed by atoms with Crippen molar-refractivity contribution in [3.8, 4) is 0 Å². The largest absolute Gasteiger partial charge is 0.457 e. The standard InChI is InChI=1S/C44H81NO6SSi3/c1-31-25-23-21-22-24-26-35(32(2)27-34-30-52-37(45-34)29-48-53(15,16)41(4,5)6)49-38(46)28-36(50-54(17,18)42(7,8)9)44(13,14)40(47)33(3)39(31)51-55(19,20)43(10,11)12/h22,24,27,30-31,33,35-36,39H,21,23,25-26,28-29H2,1-20H3/b24-22-,32-27+. The predicted molar refractivity (Wildman–Crippen MR) is 241 cm³/mol. The summed E-state index contributed by atoms with van der Waals surface area (Å²) in [4.78, 5) is 33.9. The highest BCUT2D eigenvalue weighted by molar-refractivity contribution is 7.09. The number of allylic oxidation sites excluding steroid dienone is 1. The van der Waals surface area contributed by atoms with Gasteiger partial charge >= 0.3 is 5.97 Å². The molecule has 7 nitrogen and oxygen atoms in total. The van der Waals surface area contributed by atoms with E-state index in [4.69, 9.17) is 23.0 Å². The molecule has 0 saturated carbocycles. The molecule has 0 saturated heterocycles. The fourth-order valence-corrected chi connectivity index (χ4v) is 10.7. The summed E-state index contributed by atoms with van der Waals surface area (Å²) in [6.45, 7) is 44.2. The monoisotopic (exact) mass is 836 g/mol. The second-order valence-corrected chi connectivity index (χ2v) is 36.8. The van der Waals surface area contributed by atoms with Gasteiger partial charge in [0.2, 0.25) is 0 Å². The number of hydrogen-bond donors (Lipinski definition) is 0. The summed E-state index contributed by atoms with van der Waals surface area (Å²) in [7, 11) is -6.53. The summed E-state index contributed by atoms with van der Waals surface area (Å²) >= 11 is 1.60. The van der Waals surface area contributed by atoms with Crippen molar-refractivity contribution in [1.82, 2.24) is 4.98 Å². The van der Waals surface area contributed by atoms with E-state index in [-0.39, 0.29) is 51.2 Å². The quantitative estimate of drug-likeness (QED) is 0.139. The third-order valence-corrected chi connectivity index (χ3v) is 27.7. The van der Waals surface area contributed by atoms with E-state index >= 15 is 0 Å². The van der Waals surface area contributed by atoms with Crippen LogP contribution in [-0.4, -0.2) is 60.0 Å². The van der Waals surface area contributed by atoms with E-state index in [1.165, 1.54) is 0 Å². The smallest absolute Gasteiger partial charge is 0.309 e. The topological polar surface area (TPSA) is 84.0 Å². The molecule has 2 heterocycles. The summed E-state index contributed by atoms with van der Waals surface area (Å²) in [6, 6.07) is 0. The molecule has 1 aromatic heterocycles. The van der Waals surface area contributed by atoms with E-state index in [1.54, 1.807) is 11.3 Å². The van der Waals surface area contributed by atoms with Crippen molar-refractivity contribution in [3.63, 3.8) is 0 Å². The summed E-state index contributed by atoms with van der Waals surface area (Å²) in [5, 5.41) is 3.00. The van der Waals surface area contributed by atoms with Crippen molar-refractivity contribution >= 4 is 54.1 Å². The highest BCUT2D eigenvalue weighted by Gasteiger charge is 2.50. The number of ether oxygens (including phenoxy) is 1. The lowest BCUT2D eigenvalue weighted by Crippen LogP contribution is -2.54. The second kappa shape index (κ2) is 18.8. The highest BCUT2D eigenvalue weighted by Crippen LogP contribution is 2.44. The van der Waals surface area contributed by atoms with Crippen LogP contribution >= 0.6 is 11.3 Å². The Kier molecular flexibility index (Phi) is 17.1. The van der Waals surface area contributed by atoms with Crippen LogP contribution in [0.15, 0.2) is 23.1 Å². The van der Waals surface area contributed by atoms with Crippen LogP contribution in [0.25, 0.3) is 6.08 Å². The molecule has 0 amide bonds. The zero-order valence-corrected chi connectivity index (χ0v) is 42.6. The SMILES string of the molecule is C/C(=C\c1csc(CO[Si](C)(C)C(C)(C)C)n1)C1C/C=C\CCCC(C)C(O[Si](C)(C)C(C)(C)C)C(C)C(=O)C(C)(C)C(O[Si](C)(C)C(C)(C)C)CC(=O)O1. The van der Waals surface area contributed by atoms with Crippen LogP contribution in [0.5, 0.6) is 0 Å². The van der Waals surface area contributed by atoms with Gasteiger partial charge < -0.3 is 18.0 Å². The van der Waals surface area contributed by atoms with Crippen LogP contribution in [0, 0.1) is 17.3 Å². The number of nitrogens with zero attached hydrogens (tertiary/aromatic N) is 1. The normalized spacial score (nSPS) is 25.8. The number of ketones is 1. The minimum Gasteiger partial charge on any atom is -0.457 e. The van der Waals surface area contributed by atoms with Gasteiger partial charge in [0.1, 0.15) is 16.9 Å². The van der Waals surface area contributed by atoms with Crippen LogP contribution in [0.3, 0.4) is 0 Å². The number of cyclic esters (lactones) is 1. The molecular weight excluding hydrogens is 755 g/mol. The van der Waals surface area contributed by atoms with E-state index in [1.807, 2.05) is 39.2 Å². The first-order valence-electron chi connectivity index (χ1n) is 20.7. The maximum absolute atomic E-state index is 14.9. The average molecular weight is 836 g/mol. The van der Waals surface area contributed by atoms with Crippen molar-refractivity contribution < 1.29 is 27.6 Å². The average Bonchev–Trinajstić information content (AvgIpc) is 3.47. The van der Waals surface area contributed by atoms with E-state index in [2.05, 4.69) is 121 Å². The lowest BCUT2D eigenvalue weighted by molar-refractivity contribution is -0.153. The minimum absolute atomic E-state index is 0.00469. The lowest BCUT2D eigenvalue weighted by atomic mass is 9.73. The maximum atomic E-state index is 14.9. The predicted octanol–water partition coefficient (Wildman–Crippen LogP) is 13.1. The molecule has 5 atom stereocenters. The number of esters is 1. The van der Waals surface area contributed by atoms with E-state index < -0.39 is 42.6 Å². The molecule has 1 aromatic rings. The molecule has 11 heteroatoms. The summed E-state index contributed by atoms with van der Waals surface area (Å²) < 4.78 is 27.0. The van der Waals surface area contributed by atoms with Crippen molar-refractivity contribution in [2.24, 2.45) is 17.3 Å². The molecule has 0 aromatic carbocycles. The molecule has 0 spiro atoms. The third kappa shape index (κ3) is 13.7. The Bertz CT molecular complexity index is 1490. The van der Waals surface area contributed by atoms with Crippen LogP contribution < -0.4 is 0 Å². The number of thiazole rings is 1. The van der Waals surface area contributed by atoms with Gasteiger partial charge in [0.05, 0.1) is 30.9 Å². The summed E-state index contributed by atoms with van der Waals surface area (Å²) in [5.41, 5.74) is 0.793. The Hall–Kier alpha value is -1.22. The number of rotatable bonds is 9. The van der Waals surface area contributed by atoms with Crippen molar-refractivity contribution in [1.29, 1.82) is 0 Å². The highest BCUT2D eigenvalue weighted by atomic mass is 32.1. The number of hydrogen-bond acceptors (Lipinski definition) is 8. The van der Waals surface area contributed by atoms with Crippen molar-refractivity contribution in [2.45, 2.75) is 208 Å². The van der Waals surface area contributed by atoms with Crippen molar-refractivity contribution in [3.05, 3.63) is 33.8 Å². The number of carbonyl (C=O) groups excluding carboxylic acids is 2. The molecule has 0 radical (unpaired) electrons. The Morgan fingerprint density at radius 3 is 1.98 bits per heavy atom. The zero-order chi connectivity index (χ0) is 42.6. The van der Waals surface area contributed by atoms with Crippen LogP contribution in [0.4, 0.5) is 0 Å². The van der Waals surface area contributed by atoms with Gasteiger partial charge in [0, 0.05) is 23.1 Å². The van der Waals surface area contributed by atoms with Gasteiger partial charge in [-0.2, -0.15) is 0 Å². The Morgan fingerprint density at radius 2 is 1.44 bits per heavy atom. The molecule has 316 valence electrons. The van der Waals surface area contributed by atoms with Crippen molar-refractivity contribution in [2.75, 3.05) is 0 Å². The molecule has 0 N–H and O–H groups in total. The fraction of sp³-hybridized carbons (Fsp3) is 0.795.